The number of ether oxygens (including phenoxy) is 1. The van der Waals surface area contributed by atoms with E-state index in [2.05, 4.69) is 16.0 Å². The maximum atomic E-state index is 12.8. The number of aromatic nitrogens is 1. The van der Waals surface area contributed by atoms with Crippen molar-refractivity contribution in [1.82, 2.24) is 9.88 Å². The third-order valence-corrected chi connectivity index (χ3v) is 4.63. The lowest BCUT2D eigenvalue weighted by Crippen LogP contribution is -2.24. The van der Waals surface area contributed by atoms with Gasteiger partial charge in [-0.1, -0.05) is 0 Å². The highest BCUT2D eigenvalue weighted by Gasteiger charge is 2.17. The van der Waals surface area contributed by atoms with Crippen LogP contribution in [-0.4, -0.2) is 30.7 Å². The summed E-state index contributed by atoms with van der Waals surface area (Å²) in [5.74, 6) is 0.591. The van der Waals surface area contributed by atoms with E-state index in [-0.39, 0.29) is 11.9 Å². The van der Waals surface area contributed by atoms with Crippen LogP contribution in [0.1, 0.15) is 21.7 Å². The van der Waals surface area contributed by atoms with Crippen LogP contribution >= 0.6 is 0 Å². The molecule has 0 fully saturated rings. The molecule has 1 heterocycles. The zero-order valence-electron chi connectivity index (χ0n) is 16.9. The van der Waals surface area contributed by atoms with Gasteiger partial charge >= 0.3 is 6.03 Å². The van der Waals surface area contributed by atoms with E-state index >= 15 is 0 Å². The number of carbonyl (C=O) groups excluding carboxylic acids is 2. The first-order chi connectivity index (χ1) is 13.9. The lowest BCUT2D eigenvalue weighted by Gasteiger charge is -2.11. The number of hydrogen-bond donors (Lipinski definition) is 3. The molecule has 0 aliphatic carbocycles. The van der Waals surface area contributed by atoms with Gasteiger partial charge in [-0.2, -0.15) is 0 Å². The van der Waals surface area contributed by atoms with E-state index in [0.29, 0.717) is 16.9 Å². The lowest BCUT2D eigenvalue weighted by molar-refractivity contribution is 0.102. The van der Waals surface area contributed by atoms with Crippen molar-refractivity contribution >= 4 is 23.3 Å². The Bertz CT molecular complexity index is 1020. The molecule has 0 aliphatic heterocycles. The monoisotopic (exact) mass is 392 g/mol. The zero-order valence-corrected chi connectivity index (χ0v) is 16.9. The minimum absolute atomic E-state index is 0.190. The third-order valence-electron chi connectivity index (χ3n) is 4.63. The first-order valence-corrected chi connectivity index (χ1v) is 9.16. The molecule has 3 N–H and O–H groups in total. The standard InChI is InChI=1S/C22H24N4O3/c1-14-13-20(15(2)26(14)18-9-11-19(29-4)12-10-18)21(27)24-16-5-7-17(8-6-16)25-22(28)23-3/h5-13H,1-4H3,(H,24,27)(H2,23,25,28). The molecule has 0 saturated carbocycles. The van der Waals surface area contributed by atoms with Gasteiger partial charge in [0, 0.05) is 35.5 Å². The van der Waals surface area contributed by atoms with Crippen LogP contribution in [-0.2, 0) is 0 Å². The third kappa shape index (κ3) is 4.40. The van der Waals surface area contributed by atoms with Gasteiger partial charge in [0.25, 0.3) is 5.91 Å². The summed E-state index contributed by atoms with van der Waals surface area (Å²) in [7, 11) is 3.18. The predicted octanol–water partition coefficient (Wildman–Crippen LogP) is 4.11. The van der Waals surface area contributed by atoms with Crippen LogP contribution in [0.4, 0.5) is 16.2 Å². The molecule has 150 valence electrons. The Kier molecular flexibility index (Phi) is 5.87. The van der Waals surface area contributed by atoms with E-state index in [4.69, 9.17) is 4.74 Å². The van der Waals surface area contributed by atoms with E-state index in [0.717, 1.165) is 22.8 Å². The van der Waals surface area contributed by atoms with Crippen molar-refractivity contribution in [2.45, 2.75) is 13.8 Å². The van der Waals surface area contributed by atoms with Crippen molar-refractivity contribution in [1.29, 1.82) is 0 Å². The van der Waals surface area contributed by atoms with Crippen molar-refractivity contribution in [3.05, 3.63) is 71.5 Å². The minimum Gasteiger partial charge on any atom is -0.497 e. The van der Waals surface area contributed by atoms with Crippen LogP contribution in [0.25, 0.3) is 5.69 Å². The Morgan fingerprint density at radius 2 is 1.48 bits per heavy atom. The largest absolute Gasteiger partial charge is 0.497 e. The summed E-state index contributed by atoms with van der Waals surface area (Å²) in [6.45, 7) is 3.88. The number of nitrogens with zero attached hydrogens (tertiary/aromatic N) is 1. The summed E-state index contributed by atoms with van der Waals surface area (Å²) < 4.78 is 7.24. The van der Waals surface area contributed by atoms with E-state index in [1.807, 2.05) is 48.7 Å². The molecule has 0 unspecified atom stereocenters. The fraction of sp³-hybridized carbons (Fsp3) is 0.182. The quantitative estimate of drug-likeness (QED) is 0.611. The van der Waals surface area contributed by atoms with Crippen LogP contribution in [0.3, 0.4) is 0 Å². The normalized spacial score (nSPS) is 10.3. The summed E-state index contributed by atoms with van der Waals surface area (Å²) in [6, 6.07) is 16.2. The molecule has 0 spiro atoms. The van der Waals surface area contributed by atoms with Gasteiger partial charge in [0.15, 0.2) is 0 Å². The van der Waals surface area contributed by atoms with Crippen LogP contribution in [0.5, 0.6) is 5.75 Å². The number of rotatable bonds is 5. The Morgan fingerprint density at radius 3 is 2.03 bits per heavy atom. The highest BCUT2D eigenvalue weighted by molar-refractivity contribution is 6.05. The lowest BCUT2D eigenvalue weighted by atomic mass is 10.2. The smallest absolute Gasteiger partial charge is 0.318 e. The van der Waals surface area contributed by atoms with Crippen molar-refractivity contribution in [2.75, 3.05) is 24.8 Å². The molecule has 0 aliphatic rings. The maximum absolute atomic E-state index is 12.8. The average molecular weight is 392 g/mol. The molecule has 29 heavy (non-hydrogen) atoms. The van der Waals surface area contributed by atoms with Crippen molar-refractivity contribution in [2.24, 2.45) is 0 Å². The topological polar surface area (TPSA) is 84.4 Å². The number of aryl methyl sites for hydroxylation is 1. The molecule has 3 amide bonds. The van der Waals surface area contributed by atoms with E-state index in [9.17, 15) is 9.59 Å². The Hall–Kier alpha value is -3.74. The summed E-state index contributed by atoms with van der Waals surface area (Å²) in [5, 5.41) is 8.06. The molecular weight excluding hydrogens is 368 g/mol. The molecule has 0 saturated heterocycles. The first kappa shape index (κ1) is 20.0. The summed E-state index contributed by atoms with van der Waals surface area (Å²) in [5.41, 5.74) is 4.66. The van der Waals surface area contributed by atoms with Crippen LogP contribution < -0.4 is 20.7 Å². The predicted molar refractivity (Wildman–Crippen MR) is 114 cm³/mol. The van der Waals surface area contributed by atoms with Gasteiger partial charge in [0.05, 0.1) is 12.7 Å². The highest BCUT2D eigenvalue weighted by Crippen LogP contribution is 2.24. The maximum Gasteiger partial charge on any atom is 0.318 e. The van der Waals surface area contributed by atoms with Gasteiger partial charge in [-0.05, 0) is 68.4 Å². The molecule has 1 aromatic heterocycles. The van der Waals surface area contributed by atoms with Crippen LogP contribution in [0, 0.1) is 13.8 Å². The molecule has 7 nitrogen and oxygen atoms in total. The number of amides is 3. The van der Waals surface area contributed by atoms with E-state index < -0.39 is 0 Å². The molecular formula is C22H24N4O3. The Morgan fingerprint density at radius 1 is 0.897 bits per heavy atom. The van der Waals surface area contributed by atoms with Crippen molar-refractivity contribution in [3.63, 3.8) is 0 Å². The molecule has 0 radical (unpaired) electrons. The van der Waals surface area contributed by atoms with Crippen molar-refractivity contribution < 1.29 is 14.3 Å². The first-order valence-electron chi connectivity index (χ1n) is 9.16. The van der Waals surface area contributed by atoms with Gasteiger partial charge in [-0.3, -0.25) is 4.79 Å². The molecule has 0 bridgehead atoms. The van der Waals surface area contributed by atoms with E-state index in [1.165, 1.54) is 0 Å². The number of urea groups is 1. The number of hydrogen-bond acceptors (Lipinski definition) is 3. The highest BCUT2D eigenvalue weighted by atomic mass is 16.5. The number of carbonyl (C=O) groups is 2. The average Bonchev–Trinajstić information content (AvgIpc) is 3.03. The van der Waals surface area contributed by atoms with Gasteiger partial charge in [0.1, 0.15) is 5.75 Å². The van der Waals surface area contributed by atoms with Gasteiger partial charge < -0.3 is 25.3 Å². The molecule has 3 rings (SSSR count). The SMILES string of the molecule is CNC(=O)Nc1ccc(NC(=O)c2cc(C)n(-c3ccc(OC)cc3)c2C)cc1. The fourth-order valence-electron chi connectivity index (χ4n) is 3.15. The van der Waals surface area contributed by atoms with Gasteiger partial charge in [-0.25, -0.2) is 4.79 Å². The fourth-order valence-corrected chi connectivity index (χ4v) is 3.15. The number of methoxy groups -OCH3 is 1. The van der Waals surface area contributed by atoms with Gasteiger partial charge in [0.2, 0.25) is 0 Å². The van der Waals surface area contributed by atoms with Crippen molar-refractivity contribution in [3.8, 4) is 11.4 Å². The summed E-state index contributed by atoms with van der Waals surface area (Å²) >= 11 is 0. The van der Waals surface area contributed by atoms with Gasteiger partial charge in [-0.15, -0.1) is 0 Å². The number of nitrogens with one attached hydrogen (secondary N) is 3. The Labute approximate surface area is 169 Å². The molecule has 0 atom stereocenters. The van der Waals surface area contributed by atoms with E-state index in [1.54, 1.807) is 38.4 Å². The zero-order chi connectivity index (χ0) is 21.0. The minimum atomic E-state index is -0.298. The Balaban J connectivity index is 1.78. The van der Waals surface area contributed by atoms with Crippen LogP contribution in [0.15, 0.2) is 54.6 Å². The summed E-state index contributed by atoms with van der Waals surface area (Å²) in [4.78, 5) is 24.2. The molecule has 2 aromatic carbocycles. The second-order valence-corrected chi connectivity index (χ2v) is 6.55. The molecule has 3 aromatic rings. The second-order valence-electron chi connectivity index (χ2n) is 6.55. The molecule has 7 heteroatoms. The second kappa shape index (κ2) is 8.52. The number of anilines is 2. The number of benzene rings is 2. The summed E-state index contributed by atoms with van der Waals surface area (Å²) in [6.07, 6.45) is 0. The van der Waals surface area contributed by atoms with Crippen LogP contribution in [0.2, 0.25) is 0 Å².